The molecule has 3 heterocycles. The van der Waals surface area contributed by atoms with Crippen molar-refractivity contribution < 1.29 is 24.8 Å². The smallest absolute Gasteiger partial charge is 0.228 e. The molecule has 12 heteroatoms. The molecular weight excluding hydrogens is 418 g/mol. The zero-order valence-corrected chi connectivity index (χ0v) is 16.9. The van der Waals surface area contributed by atoms with Crippen LogP contribution in [0.4, 0.5) is 11.8 Å². The van der Waals surface area contributed by atoms with Gasteiger partial charge in [0.15, 0.2) is 23.2 Å². The molecule has 3 aromatic rings. The molecule has 0 aliphatic carbocycles. The molecule has 0 radical (unpaired) electrons. The Morgan fingerprint density at radius 3 is 2.72 bits per heavy atom. The summed E-state index contributed by atoms with van der Waals surface area (Å²) in [5.74, 6) is 0.988. The average molecular weight is 441 g/mol. The van der Waals surface area contributed by atoms with E-state index in [1.807, 2.05) is 12.1 Å². The number of rotatable bonds is 8. The first-order chi connectivity index (χ1) is 15.5. The molecule has 12 nitrogen and oxygen atoms in total. The zero-order chi connectivity index (χ0) is 22.7. The first-order valence-corrected chi connectivity index (χ1v) is 9.77. The van der Waals surface area contributed by atoms with Crippen LogP contribution in [0, 0.1) is 0 Å². The molecule has 0 bridgehead atoms. The molecule has 1 aliphatic rings. The summed E-state index contributed by atoms with van der Waals surface area (Å²) in [5.41, 5.74) is 10.0. The van der Waals surface area contributed by atoms with Crippen LogP contribution in [-0.2, 0) is 4.74 Å². The Morgan fingerprint density at radius 1 is 1.25 bits per heavy atom. The first-order valence-electron chi connectivity index (χ1n) is 9.77. The quantitative estimate of drug-likeness (QED) is 0.182. The molecule has 4 atom stereocenters. The summed E-state index contributed by atoms with van der Waals surface area (Å²) in [6.07, 6.45) is -0.207. The molecule has 2 aromatic heterocycles. The number of nitrogens with one attached hydrogen (secondary N) is 1. The van der Waals surface area contributed by atoms with Crippen molar-refractivity contribution in [3.05, 3.63) is 48.8 Å². The maximum Gasteiger partial charge on any atom is 0.228 e. The summed E-state index contributed by atoms with van der Waals surface area (Å²) < 4.78 is 12.5. The standard InChI is InChI=1S/C20H23N7O5/c1-2-7-31-12-5-3-11(4-6-12)8-24-26-20-25-14-17(21)22-10-23-18(14)27(20)19-16(30)15(29)13(9-28)32-19/h2-6,8,10,13,15-16,19,28-30H,1,7,9H2,(H,25,26)(H2,21,22,23)/b24-8+/t13-,15-,16+,19-/m1/s1. The van der Waals surface area contributed by atoms with Crippen molar-refractivity contribution in [3.63, 3.8) is 0 Å². The fraction of sp³-hybridized carbons (Fsp3) is 0.300. The van der Waals surface area contributed by atoms with Crippen molar-refractivity contribution in [2.24, 2.45) is 5.10 Å². The summed E-state index contributed by atoms with van der Waals surface area (Å²) in [4.78, 5) is 12.5. The first kappa shape index (κ1) is 21.6. The zero-order valence-electron chi connectivity index (χ0n) is 16.9. The van der Waals surface area contributed by atoms with Gasteiger partial charge in [-0.05, 0) is 29.8 Å². The van der Waals surface area contributed by atoms with E-state index in [1.54, 1.807) is 24.4 Å². The second kappa shape index (κ2) is 9.28. The Kier molecular flexibility index (Phi) is 6.28. The van der Waals surface area contributed by atoms with Crippen LogP contribution in [0.2, 0.25) is 0 Å². The highest BCUT2D eigenvalue weighted by atomic mass is 16.6. The van der Waals surface area contributed by atoms with E-state index in [1.165, 1.54) is 10.9 Å². The Hall–Kier alpha value is -3.58. The number of benzene rings is 1. The number of hydrazone groups is 1. The minimum atomic E-state index is -1.34. The average Bonchev–Trinajstić information content (AvgIpc) is 3.31. The fourth-order valence-corrected chi connectivity index (χ4v) is 3.31. The summed E-state index contributed by atoms with van der Waals surface area (Å²) in [6.45, 7) is 3.56. The van der Waals surface area contributed by atoms with E-state index >= 15 is 0 Å². The summed E-state index contributed by atoms with van der Waals surface area (Å²) in [6, 6.07) is 7.25. The van der Waals surface area contributed by atoms with Crippen molar-refractivity contribution in [1.82, 2.24) is 19.5 Å². The number of nitrogen functional groups attached to an aromatic ring is 1. The van der Waals surface area contributed by atoms with Crippen LogP contribution in [-0.4, -0.2) is 72.6 Å². The van der Waals surface area contributed by atoms with Gasteiger partial charge in [0.05, 0.1) is 12.8 Å². The minimum Gasteiger partial charge on any atom is -0.490 e. The van der Waals surface area contributed by atoms with Gasteiger partial charge in [0.25, 0.3) is 0 Å². The van der Waals surface area contributed by atoms with Gasteiger partial charge in [-0.2, -0.15) is 5.10 Å². The third kappa shape index (κ3) is 4.11. The number of aromatic nitrogens is 4. The van der Waals surface area contributed by atoms with Gasteiger partial charge in [0.2, 0.25) is 5.95 Å². The molecular formula is C20H23N7O5. The molecule has 168 valence electrons. The molecule has 1 aromatic carbocycles. The summed E-state index contributed by atoms with van der Waals surface area (Å²) in [7, 11) is 0. The molecule has 0 spiro atoms. The monoisotopic (exact) mass is 441 g/mol. The molecule has 6 N–H and O–H groups in total. The van der Waals surface area contributed by atoms with E-state index in [0.29, 0.717) is 12.4 Å². The van der Waals surface area contributed by atoms with Gasteiger partial charge in [0, 0.05) is 0 Å². The third-order valence-corrected chi connectivity index (χ3v) is 4.90. The largest absolute Gasteiger partial charge is 0.490 e. The van der Waals surface area contributed by atoms with E-state index in [-0.39, 0.29) is 22.9 Å². The van der Waals surface area contributed by atoms with Crippen molar-refractivity contribution >= 4 is 29.1 Å². The maximum absolute atomic E-state index is 10.5. The van der Waals surface area contributed by atoms with Crippen molar-refractivity contribution in [1.29, 1.82) is 0 Å². The van der Waals surface area contributed by atoms with Crippen molar-refractivity contribution in [3.8, 4) is 5.75 Å². The Balaban J connectivity index is 1.61. The van der Waals surface area contributed by atoms with Crippen LogP contribution in [0.1, 0.15) is 11.8 Å². The van der Waals surface area contributed by atoms with Gasteiger partial charge in [-0.3, -0.25) is 4.57 Å². The number of anilines is 2. The minimum absolute atomic E-state index is 0.127. The van der Waals surface area contributed by atoms with Gasteiger partial charge >= 0.3 is 0 Å². The van der Waals surface area contributed by atoms with E-state index in [4.69, 9.17) is 15.2 Å². The summed E-state index contributed by atoms with van der Waals surface area (Å²) in [5, 5.41) is 34.2. The number of hydrogen-bond donors (Lipinski definition) is 5. The van der Waals surface area contributed by atoms with Crippen molar-refractivity contribution in [2.75, 3.05) is 24.4 Å². The maximum atomic E-state index is 10.5. The lowest BCUT2D eigenvalue weighted by Crippen LogP contribution is -2.33. The second-order valence-electron chi connectivity index (χ2n) is 7.00. The number of aliphatic hydroxyl groups is 3. The van der Waals surface area contributed by atoms with Crippen LogP contribution < -0.4 is 15.9 Å². The normalized spacial score (nSPS) is 23.1. The molecule has 4 rings (SSSR count). The van der Waals surface area contributed by atoms with Crippen LogP contribution in [0.15, 0.2) is 48.3 Å². The molecule has 1 aliphatic heterocycles. The number of nitrogens with two attached hydrogens (primary N) is 1. The Morgan fingerprint density at radius 2 is 2.03 bits per heavy atom. The third-order valence-electron chi connectivity index (χ3n) is 4.90. The predicted octanol–water partition coefficient (Wildman–Crippen LogP) is 0.0308. The van der Waals surface area contributed by atoms with Crippen LogP contribution >= 0.6 is 0 Å². The lowest BCUT2D eigenvalue weighted by atomic mass is 10.1. The highest BCUT2D eigenvalue weighted by molar-refractivity contribution is 5.84. The van der Waals surface area contributed by atoms with Gasteiger partial charge in [-0.25, -0.2) is 20.4 Å². The second-order valence-corrected chi connectivity index (χ2v) is 7.00. The van der Waals surface area contributed by atoms with Gasteiger partial charge in [-0.1, -0.05) is 12.7 Å². The lowest BCUT2D eigenvalue weighted by Gasteiger charge is -2.18. The molecule has 32 heavy (non-hydrogen) atoms. The highest BCUT2D eigenvalue weighted by Crippen LogP contribution is 2.35. The molecule has 1 saturated heterocycles. The topological polar surface area (TPSA) is 173 Å². The molecule has 0 amide bonds. The SMILES string of the molecule is C=CCOc1ccc(/C=N/Nc2nc3c(N)ncnc3n2[C@@H]2O[C@H](CO)[C@@H](O)[C@@H]2O)cc1. The number of aliphatic hydroxyl groups excluding tert-OH is 3. The number of nitrogens with zero attached hydrogens (tertiary/aromatic N) is 5. The van der Waals surface area contributed by atoms with Crippen molar-refractivity contribution in [2.45, 2.75) is 24.5 Å². The summed E-state index contributed by atoms with van der Waals surface area (Å²) >= 11 is 0. The van der Waals surface area contributed by atoms with Crippen LogP contribution in [0.3, 0.4) is 0 Å². The number of ether oxygens (including phenoxy) is 2. The predicted molar refractivity (Wildman–Crippen MR) is 116 cm³/mol. The number of fused-ring (bicyclic) bond motifs is 1. The number of imidazole rings is 1. The van der Waals surface area contributed by atoms with Gasteiger partial charge < -0.3 is 30.5 Å². The molecule has 0 unspecified atom stereocenters. The molecule has 1 fully saturated rings. The number of hydrogen-bond acceptors (Lipinski definition) is 11. The molecule has 0 saturated carbocycles. The van der Waals surface area contributed by atoms with E-state index in [9.17, 15) is 15.3 Å². The van der Waals surface area contributed by atoms with Crippen LogP contribution in [0.5, 0.6) is 5.75 Å². The Bertz CT molecular complexity index is 1120. The lowest BCUT2D eigenvalue weighted by molar-refractivity contribution is -0.0501. The van der Waals surface area contributed by atoms with Crippen LogP contribution in [0.25, 0.3) is 11.2 Å². The van der Waals surface area contributed by atoms with E-state index in [0.717, 1.165) is 5.56 Å². The van der Waals surface area contributed by atoms with Gasteiger partial charge in [-0.15, -0.1) is 0 Å². The van der Waals surface area contributed by atoms with E-state index < -0.39 is 31.1 Å². The fourth-order valence-electron chi connectivity index (χ4n) is 3.31. The highest BCUT2D eigenvalue weighted by Gasteiger charge is 2.45. The van der Waals surface area contributed by atoms with Gasteiger partial charge in [0.1, 0.15) is 37.0 Å². The van der Waals surface area contributed by atoms with E-state index in [2.05, 4.69) is 32.1 Å². The Labute approximate surface area is 182 Å².